The second-order valence-corrected chi connectivity index (χ2v) is 5.67. The van der Waals surface area contributed by atoms with E-state index in [4.69, 9.17) is 4.74 Å². The van der Waals surface area contributed by atoms with Crippen molar-refractivity contribution >= 4 is 5.97 Å². The van der Waals surface area contributed by atoms with E-state index < -0.39 is 0 Å². The van der Waals surface area contributed by atoms with Crippen molar-refractivity contribution in [3.63, 3.8) is 0 Å². The Labute approximate surface area is 130 Å². The number of aromatic nitrogens is 3. The van der Waals surface area contributed by atoms with Crippen LogP contribution >= 0.6 is 0 Å². The van der Waals surface area contributed by atoms with Gasteiger partial charge in [0.2, 0.25) is 0 Å². The number of esters is 1. The molecule has 22 heavy (non-hydrogen) atoms. The Balaban J connectivity index is 1.78. The van der Waals surface area contributed by atoms with Crippen LogP contribution in [0.25, 0.3) is 0 Å². The van der Waals surface area contributed by atoms with E-state index in [1.807, 2.05) is 0 Å². The summed E-state index contributed by atoms with van der Waals surface area (Å²) in [4.78, 5) is 11.3. The van der Waals surface area contributed by atoms with Gasteiger partial charge in [0.05, 0.1) is 13.5 Å². The molecule has 0 N–H and O–H groups in total. The summed E-state index contributed by atoms with van der Waals surface area (Å²) in [6, 6.07) is 8.57. The molecule has 1 aromatic carbocycles. The molecule has 0 aliphatic heterocycles. The third-order valence-corrected chi connectivity index (χ3v) is 4.37. The van der Waals surface area contributed by atoms with Crippen molar-refractivity contribution in [1.82, 2.24) is 14.8 Å². The molecule has 0 amide bonds. The van der Waals surface area contributed by atoms with Crippen molar-refractivity contribution in [2.45, 2.75) is 45.1 Å². The second-order valence-electron chi connectivity index (χ2n) is 5.67. The third kappa shape index (κ3) is 2.75. The van der Waals surface area contributed by atoms with Crippen LogP contribution in [0.4, 0.5) is 0 Å². The minimum Gasteiger partial charge on any atom is -0.469 e. The van der Waals surface area contributed by atoms with E-state index >= 15 is 0 Å². The van der Waals surface area contributed by atoms with Gasteiger partial charge in [0.15, 0.2) is 0 Å². The smallest absolute Gasteiger partial charge is 0.305 e. The highest BCUT2D eigenvalue weighted by atomic mass is 16.5. The number of benzene rings is 1. The molecule has 0 bridgehead atoms. The molecule has 2 aromatic rings. The molecule has 0 saturated carbocycles. The number of ether oxygens (including phenoxy) is 1. The van der Waals surface area contributed by atoms with Crippen LogP contribution in [0.5, 0.6) is 0 Å². The van der Waals surface area contributed by atoms with Crippen LogP contribution in [-0.2, 0) is 35.3 Å². The molecule has 3 rings (SSSR count). The van der Waals surface area contributed by atoms with E-state index in [1.54, 1.807) is 0 Å². The summed E-state index contributed by atoms with van der Waals surface area (Å²) in [7, 11) is 1.41. The molecule has 116 valence electrons. The first-order valence-corrected chi connectivity index (χ1v) is 7.78. The van der Waals surface area contributed by atoms with E-state index in [1.165, 1.54) is 18.2 Å². The SMILES string of the molecule is CCn1c(CCC(=O)OC)nnc1C1Cc2ccccc2C1. The van der Waals surface area contributed by atoms with Gasteiger partial charge >= 0.3 is 5.97 Å². The van der Waals surface area contributed by atoms with E-state index in [2.05, 4.69) is 46.0 Å². The zero-order valence-corrected chi connectivity index (χ0v) is 13.1. The van der Waals surface area contributed by atoms with Crippen molar-refractivity contribution < 1.29 is 9.53 Å². The minimum atomic E-state index is -0.208. The van der Waals surface area contributed by atoms with E-state index in [9.17, 15) is 4.79 Å². The molecular weight excluding hydrogens is 278 g/mol. The highest BCUT2D eigenvalue weighted by Gasteiger charge is 2.27. The molecule has 0 radical (unpaired) electrons. The highest BCUT2D eigenvalue weighted by molar-refractivity contribution is 5.69. The molecule has 1 aromatic heterocycles. The van der Waals surface area contributed by atoms with Crippen LogP contribution in [0, 0.1) is 0 Å². The Kier molecular flexibility index (Phi) is 4.22. The zero-order chi connectivity index (χ0) is 15.5. The monoisotopic (exact) mass is 299 g/mol. The van der Waals surface area contributed by atoms with Crippen LogP contribution in [0.1, 0.15) is 42.0 Å². The summed E-state index contributed by atoms with van der Waals surface area (Å²) >= 11 is 0. The van der Waals surface area contributed by atoms with Gasteiger partial charge in [-0.2, -0.15) is 0 Å². The first-order chi connectivity index (χ1) is 10.7. The molecule has 1 aliphatic carbocycles. The number of aryl methyl sites for hydroxylation is 1. The third-order valence-electron chi connectivity index (χ3n) is 4.37. The lowest BCUT2D eigenvalue weighted by Crippen LogP contribution is -2.12. The average Bonchev–Trinajstić information content (AvgIpc) is 3.15. The quantitative estimate of drug-likeness (QED) is 0.795. The predicted molar refractivity (Wildman–Crippen MR) is 82.6 cm³/mol. The van der Waals surface area contributed by atoms with Crippen LogP contribution < -0.4 is 0 Å². The molecule has 1 heterocycles. The van der Waals surface area contributed by atoms with Gasteiger partial charge in [-0.3, -0.25) is 4.79 Å². The number of hydrogen-bond donors (Lipinski definition) is 0. The van der Waals surface area contributed by atoms with Gasteiger partial charge in [-0.15, -0.1) is 10.2 Å². The van der Waals surface area contributed by atoms with Crippen molar-refractivity contribution in [1.29, 1.82) is 0 Å². The Bertz CT molecular complexity index is 653. The maximum atomic E-state index is 11.3. The summed E-state index contributed by atoms with van der Waals surface area (Å²) in [6.45, 7) is 2.92. The van der Waals surface area contributed by atoms with E-state index in [0.29, 0.717) is 18.8 Å². The van der Waals surface area contributed by atoms with Crippen molar-refractivity contribution in [3.05, 3.63) is 47.0 Å². The first kappa shape index (κ1) is 14.8. The number of carbonyl (C=O) groups excluding carboxylic acids is 1. The average molecular weight is 299 g/mol. The fourth-order valence-corrected chi connectivity index (χ4v) is 3.24. The first-order valence-electron chi connectivity index (χ1n) is 7.78. The van der Waals surface area contributed by atoms with Gasteiger partial charge in [-0.05, 0) is 30.9 Å². The van der Waals surface area contributed by atoms with Gasteiger partial charge in [0.25, 0.3) is 0 Å². The van der Waals surface area contributed by atoms with Crippen LogP contribution in [-0.4, -0.2) is 27.8 Å². The fraction of sp³-hybridized carbons (Fsp3) is 0.471. The number of carbonyl (C=O) groups is 1. The molecule has 0 fully saturated rings. The van der Waals surface area contributed by atoms with E-state index in [0.717, 1.165) is 31.0 Å². The number of rotatable bonds is 5. The van der Waals surface area contributed by atoms with Crippen molar-refractivity contribution in [2.24, 2.45) is 0 Å². The Hall–Kier alpha value is -2.17. The molecule has 5 heteroatoms. The lowest BCUT2D eigenvalue weighted by Gasteiger charge is -2.12. The minimum absolute atomic E-state index is 0.208. The summed E-state index contributed by atoms with van der Waals surface area (Å²) in [6.07, 6.45) is 2.96. The summed E-state index contributed by atoms with van der Waals surface area (Å²) < 4.78 is 6.85. The predicted octanol–water partition coefficient (Wildman–Crippen LogP) is 2.29. The van der Waals surface area contributed by atoms with Crippen LogP contribution in [0.15, 0.2) is 24.3 Å². The lowest BCUT2D eigenvalue weighted by atomic mass is 10.1. The molecule has 1 aliphatic rings. The number of hydrogen-bond acceptors (Lipinski definition) is 4. The highest BCUT2D eigenvalue weighted by Crippen LogP contribution is 2.33. The maximum absolute atomic E-state index is 11.3. The molecular formula is C17H21N3O2. The maximum Gasteiger partial charge on any atom is 0.305 e. The standard InChI is InChI=1S/C17H21N3O2/c1-3-20-15(8-9-16(21)22-2)18-19-17(20)14-10-12-6-4-5-7-13(12)11-14/h4-7,14H,3,8-11H2,1-2H3. The summed E-state index contributed by atoms with van der Waals surface area (Å²) in [5, 5.41) is 8.72. The van der Waals surface area contributed by atoms with Gasteiger partial charge in [-0.25, -0.2) is 0 Å². The van der Waals surface area contributed by atoms with E-state index in [-0.39, 0.29) is 5.97 Å². The van der Waals surface area contributed by atoms with Gasteiger partial charge in [-0.1, -0.05) is 24.3 Å². The molecule has 0 atom stereocenters. The molecule has 0 unspecified atom stereocenters. The normalized spacial score (nSPS) is 14.1. The van der Waals surface area contributed by atoms with Crippen LogP contribution in [0.3, 0.4) is 0 Å². The molecule has 0 saturated heterocycles. The lowest BCUT2D eigenvalue weighted by molar-refractivity contribution is -0.140. The molecule has 0 spiro atoms. The largest absolute Gasteiger partial charge is 0.469 e. The zero-order valence-electron chi connectivity index (χ0n) is 13.1. The summed E-state index contributed by atoms with van der Waals surface area (Å²) in [5.41, 5.74) is 2.82. The van der Waals surface area contributed by atoms with Crippen molar-refractivity contribution in [3.8, 4) is 0 Å². The fourth-order valence-electron chi connectivity index (χ4n) is 3.24. The second kappa shape index (κ2) is 6.30. The summed E-state index contributed by atoms with van der Waals surface area (Å²) in [5.74, 6) is 2.09. The Morgan fingerprint density at radius 3 is 2.55 bits per heavy atom. The van der Waals surface area contributed by atoms with Crippen molar-refractivity contribution in [2.75, 3.05) is 7.11 Å². The number of fused-ring (bicyclic) bond motifs is 1. The molecule has 5 nitrogen and oxygen atoms in total. The van der Waals surface area contributed by atoms with Gasteiger partial charge in [0.1, 0.15) is 11.6 Å². The number of methoxy groups -OCH3 is 1. The van der Waals surface area contributed by atoms with Gasteiger partial charge in [0, 0.05) is 18.9 Å². The Morgan fingerprint density at radius 2 is 1.95 bits per heavy atom. The van der Waals surface area contributed by atoms with Crippen LogP contribution in [0.2, 0.25) is 0 Å². The number of nitrogens with zero attached hydrogens (tertiary/aromatic N) is 3. The Morgan fingerprint density at radius 1 is 1.27 bits per heavy atom. The van der Waals surface area contributed by atoms with Gasteiger partial charge < -0.3 is 9.30 Å². The topological polar surface area (TPSA) is 57.0 Å².